The van der Waals surface area contributed by atoms with Crippen LogP contribution in [0.3, 0.4) is 0 Å². The molecule has 0 aliphatic carbocycles. The Bertz CT molecular complexity index is 414. The van der Waals surface area contributed by atoms with E-state index < -0.39 is 0 Å². The first kappa shape index (κ1) is 34.4. The molecule has 35 heavy (non-hydrogen) atoms. The summed E-state index contributed by atoms with van der Waals surface area (Å²) in [5.41, 5.74) is 0. The molecule has 0 bridgehead atoms. The van der Waals surface area contributed by atoms with Gasteiger partial charge in [0.2, 0.25) is 0 Å². The highest BCUT2D eigenvalue weighted by Crippen LogP contribution is 2.11. The summed E-state index contributed by atoms with van der Waals surface area (Å²) in [7, 11) is 0. The van der Waals surface area contributed by atoms with E-state index in [1.165, 1.54) is 83.5 Å². The summed E-state index contributed by atoms with van der Waals surface area (Å²) in [6.07, 6.45) is 21.9. The van der Waals surface area contributed by atoms with E-state index in [1.54, 1.807) is 0 Å². The van der Waals surface area contributed by atoms with Crippen LogP contribution in [0.25, 0.3) is 0 Å². The molecule has 0 aliphatic rings. The van der Waals surface area contributed by atoms with Crippen molar-refractivity contribution in [2.75, 3.05) is 46.2 Å². The molecule has 5 nitrogen and oxygen atoms in total. The topological polar surface area (TPSA) is 54.0 Å². The van der Waals surface area contributed by atoms with E-state index in [4.69, 9.17) is 18.9 Å². The number of carbonyl (C=O) groups is 1. The quantitative estimate of drug-likeness (QED) is 0.0764. The zero-order valence-electron chi connectivity index (χ0n) is 23.8. The third-order valence-electron chi connectivity index (χ3n) is 6.24. The second-order valence-corrected chi connectivity index (χ2v) is 10.3. The lowest BCUT2D eigenvalue weighted by Gasteiger charge is -2.08. The van der Waals surface area contributed by atoms with Crippen LogP contribution < -0.4 is 0 Å². The van der Waals surface area contributed by atoms with Crippen LogP contribution in [0.5, 0.6) is 0 Å². The second kappa shape index (κ2) is 29.6. The number of esters is 1. The van der Waals surface area contributed by atoms with Gasteiger partial charge in [-0.05, 0) is 25.2 Å². The first-order chi connectivity index (χ1) is 17.2. The molecule has 0 radical (unpaired) electrons. The number of unbranched alkanes of at least 4 members (excludes halogenated alkanes) is 13. The van der Waals surface area contributed by atoms with Gasteiger partial charge in [-0.15, -0.1) is 0 Å². The molecule has 0 fully saturated rings. The Hall–Kier alpha value is -0.650. The lowest BCUT2D eigenvalue weighted by Crippen LogP contribution is -2.11. The van der Waals surface area contributed by atoms with Crippen molar-refractivity contribution < 1.29 is 23.7 Å². The van der Waals surface area contributed by atoms with Crippen molar-refractivity contribution in [3.8, 4) is 0 Å². The van der Waals surface area contributed by atoms with Crippen LogP contribution in [-0.2, 0) is 23.7 Å². The third kappa shape index (κ3) is 31.3. The van der Waals surface area contributed by atoms with E-state index in [-0.39, 0.29) is 5.97 Å². The van der Waals surface area contributed by atoms with Gasteiger partial charge in [0, 0.05) is 19.6 Å². The molecule has 0 amide bonds. The average Bonchev–Trinajstić information content (AvgIpc) is 2.84. The normalized spacial score (nSPS) is 11.4. The molecule has 0 aromatic rings. The number of carbonyl (C=O) groups excluding carboxylic acids is 1. The van der Waals surface area contributed by atoms with Gasteiger partial charge in [-0.2, -0.15) is 0 Å². The molecule has 0 spiro atoms. The monoisotopic (exact) mass is 500 g/mol. The highest BCUT2D eigenvalue weighted by atomic mass is 16.5. The van der Waals surface area contributed by atoms with Crippen molar-refractivity contribution in [3.63, 3.8) is 0 Å². The molecule has 0 heterocycles. The van der Waals surface area contributed by atoms with Gasteiger partial charge in [-0.25, -0.2) is 0 Å². The lowest BCUT2D eigenvalue weighted by molar-refractivity contribution is -0.144. The number of ether oxygens (including phenoxy) is 4. The predicted octanol–water partition coefficient (Wildman–Crippen LogP) is 8.28. The number of hydrogen-bond acceptors (Lipinski definition) is 5. The van der Waals surface area contributed by atoms with Gasteiger partial charge >= 0.3 is 5.97 Å². The van der Waals surface area contributed by atoms with E-state index in [0.717, 1.165) is 31.8 Å². The molecule has 0 N–H and O–H groups in total. The van der Waals surface area contributed by atoms with Gasteiger partial charge in [0.15, 0.2) is 0 Å². The molecular weight excluding hydrogens is 440 g/mol. The zero-order valence-corrected chi connectivity index (χ0v) is 23.8. The smallest absolute Gasteiger partial charge is 0.305 e. The molecule has 0 rings (SSSR count). The van der Waals surface area contributed by atoms with Crippen LogP contribution in [0.2, 0.25) is 0 Å². The van der Waals surface area contributed by atoms with Gasteiger partial charge < -0.3 is 18.9 Å². The van der Waals surface area contributed by atoms with Crippen molar-refractivity contribution in [1.29, 1.82) is 0 Å². The van der Waals surface area contributed by atoms with Crippen LogP contribution >= 0.6 is 0 Å². The minimum atomic E-state index is -0.107. The first-order valence-corrected chi connectivity index (χ1v) is 15.1. The highest BCUT2D eigenvalue weighted by molar-refractivity contribution is 5.69. The number of hydrogen-bond donors (Lipinski definition) is 0. The molecule has 0 aliphatic heterocycles. The maximum Gasteiger partial charge on any atom is 0.305 e. The van der Waals surface area contributed by atoms with Crippen LogP contribution in [0.4, 0.5) is 0 Å². The molecule has 0 saturated heterocycles. The Morgan fingerprint density at radius 1 is 0.514 bits per heavy atom. The minimum Gasteiger partial charge on any atom is -0.466 e. The van der Waals surface area contributed by atoms with E-state index in [0.29, 0.717) is 52.5 Å². The summed E-state index contributed by atoms with van der Waals surface area (Å²) in [6.45, 7) is 11.2. The molecule has 0 unspecified atom stereocenters. The molecule has 210 valence electrons. The Kier molecular flexibility index (Phi) is 29.0. The zero-order chi connectivity index (χ0) is 25.7. The SMILES string of the molecule is CCCCCCCCCCCCOCCOCCOCCCC(=O)OCCCCCCCC(C)C. The van der Waals surface area contributed by atoms with Crippen molar-refractivity contribution in [3.05, 3.63) is 0 Å². The van der Waals surface area contributed by atoms with Crippen molar-refractivity contribution in [1.82, 2.24) is 0 Å². The summed E-state index contributed by atoms with van der Waals surface area (Å²) in [5, 5.41) is 0. The fraction of sp³-hybridized carbons (Fsp3) is 0.967. The summed E-state index contributed by atoms with van der Waals surface area (Å²) in [6, 6.07) is 0. The van der Waals surface area contributed by atoms with Crippen LogP contribution in [-0.4, -0.2) is 52.2 Å². The fourth-order valence-corrected chi connectivity index (χ4v) is 4.00. The fourth-order valence-electron chi connectivity index (χ4n) is 4.00. The van der Waals surface area contributed by atoms with Gasteiger partial charge in [0.1, 0.15) is 0 Å². The molecule has 0 aromatic heterocycles. The predicted molar refractivity (Wildman–Crippen MR) is 147 cm³/mol. The largest absolute Gasteiger partial charge is 0.466 e. The molecule has 5 heteroatoms. The van der Waals surface area contributed by atoms with Crippen molar-refractivity contribution >= 4 is 5.97 Å². The van der Waals surface area contributed by atoms with E-state index in [9.17, 15) is 4.79 Å². The molecule has 0 atom stereocenters. The Morgan fingerprint density at radius 2 is 0.943 bits per heavy atom. The van der Waals surface area contributed by atoms with Gasteiger partial charge in [-0.1, -0.05) is 111 Å². The lowest BCUT2D eigenvalue weighted by atomic mass is 10.0. The Labute approximate surface area is 218 Å². The van der Waals surface area contributed by atoms with E-state index in [1.807, 2.05) is 0 Å². The Balaban J connectivity index is 3.13. The maximum absolute atomic E-state index is 11.7. The van der Waals surface area contributed by atoms with Gasteiger partial charge in [0.05, 0.1) is 33.0 Å². The maximum atomic E-state index is 11.7. The molecule has 0 aromatic carbocycles. The summed E-state index contributed by atoms with van der Waals surface area (Å²) in [4.78, 5) is 11.7. The summed E-state index contributed by atoms with van der Waals surface area (Å²) >= 11 is 0. The van der Waals surface area contributed by atoms with Crippen LogP contribution in [0, 0.1) is 5.92 Å². The molecular formula is C30H60O5. The molecule has 0 saturated carbocycles. The Morgan fingerprint density at radius 3 is 1.49 bits per heavy atom. The summed E-state index contributed by atoms with van der Waals surface area (Å²) < 4.78 is 22.0. The summed E-state index contributed by atoms with van der Waals surface area (Å²) in [5.74, 6) is 0.695. The highest BCUT2D eigenvalue weighted by Gasteiger charge is 2.03. The minimum absolute atomic E-state index is 0.107. The van der Waals surface area contributed by atoms with E-state index in [2.05, 4.69) is 20.8 Å². The van der Waals surface area contributed by atoms with Crippen LogP contribution in [0.1, 0.15) is 136 Å². The average molecular weight is 501 g/mol. The number of rotatable bonds is 29. The van der Waals surface area contributed by atoms with Crippen LogP contribution in [0.15, 0.2) is 0 Å². The van der Waals surface area contributed by atoms with Gasteiger partial charge in [-0.3, -0.25) is 4.79 Å². The second-order valence-electron chi connectivity index (χ2n) is 10.3. The standard InChI is InChI=1S/C30H60O5/c1-4-5-6-7-8-9-10-11-14-17-22-32-25-27-34-28-26-33-23-19-21-30(31)35-24-18-15-12-13-16-20-29(2)3/h29H,4-28H2,1-3H3. The van der Waals surface area contributed by atoms with Crippen molar-refractivity contribution in [2.45, 2.75) is 136 Å². The van der Waals surface area contributed by atoms with Gasteiger partial charge in [0.25, 0.3) is 0 Å². The van der Waals surface area contributed by atoms with E-state index >= 15 is 0 Å². The third-order valence-corrected chi connectivity index (χ3v) is 6.24. The van der Waals surface area contributed by atoms with Crippen molar-refractivity contribution in [2.24, 2.45) is 5.92 Å². The first-order valence-electron chi connectivity index (χ1n) is 15.1.